The Bertz CT molecular complexity index is 258. The Kier molecular flexibility index (Phi) is 3.48. The lowest BCUT2D eigenvalue weighted by Gasteiger charge is -2.03. The average Bonchev–Trinajstić information content (AvgIpc) is 2.09. The maximum absolute atomic E-state index is 9.39. The maximum atomic E-state index is 9.39. The van der Waals surface area contributed by atoms with E-state index in [4.69, 9.17) is 0 Å². The minimum Gasteiger partial charge on any atom is -0.508 e. The Labute approximate surface area is 77.8 Å². The molecule has 0 aliphatic carbocycles. The third-order valence-electron chi connectivity index (χ3n) is 1.74. The van der Waals surface area contributed by atoms with Crippen LogP contribution in [0, 0.1) is 0 Å². The second kappa shape index (κ2) is 4.41. The lowest BCUT2D eigenvalue weighted by atomic mass is 10.1. The lowest BCUT2D eigenvalue weighted by Crippen LogP contribution is -1.82. The molecule has 1 nitrogen and oxygen atoms in total. The van der Waals surface area contributed by atoms with Crippen molar-refractivity contribution < 1.29 is 5.11 Å². The molecule has 0 fully saturated rings. The van der Waals surface area contributed by atoms with Crippen molar-refractivity contribution in [3.8, 4) is 5.75 Å². The van der Waals surface area contributed by atoms with Gasteiger partial charge in [0.05, 0.1) is 0 Å². The number of aryl methyl sites for hydroxylation is 1. The fourth-order valence-corrected chi connectivity index (χ4v) is 1.82. The van der Waals surface area contributed by atoms with Gasteiger partial charge in [0.2, 0.25) is 0 Å². The highest BCUT2D eigenvalue weighted by Crippen LogP contribution is 2.25. The molecule has 0 unspecified atom stereocenters. The smallest absolute Gasteiger partial charge is 0.118 e. The molecule has 1 rings (SSSR count). The van der Waals surface area contributed by atoms with Gasteiger partial charge >= 0.3 is 0 Å². The second-order valence-electron chi connectivity index (χ2n) is 2.58. The van der Waals surface area contributed by atoms with E-state index in [1.54, 1.807) is 17.8 Å². The molecule has 0 amide bonds. The first kappa shape index (κ1) is 9.46. The van der Waals surface area contributed by atoms with E-state index in [9.17, 15) is 5.11 Å². The molecule has 0 aromatic heterocycles. The molecule has 1 N–H and O–H groups in total. The van der Waals surface area contributed by atoms with E-state index >= 15 is 0 Å². The van der Waals surface area contributed by atoms with Crippen LogP contribution in [0.3, 0.4) is 0 Å². The fraction of sp³-hybridized carbons (Fsp3) is 0.400. The molecule has 0 aliphatic heterocycles. The zero-order valence-electron chi connectivity index (χ0n) is 7.50. The Balaban J connectivity index is 2.89. The summed E-state index contributed by atoms with van der Waals surface area (Å²) in [7, 11) is 0. The molecule has 0 saturated heterocycles. The van der Waals surface area contributed by atoms with Crippen LogP contribution in [0.4, 0.5) is 0 Å². The van der Waals surface area contributed by atoms with E-state index in [1.165, 1.54) is 4.90 Å². The maximum Gasteiger partial charge on any atom is 0.118 e. The number of thioether (sulfide) groups is 1. The number of phenolic OH excluding ortho intramolecular Hbond substituents is 1. The van der Waals surface area contributed by atoms with Gasteiger partial charge in [-0.1, -0.05) is 13.8 Å². The molecule has 0 aliphatic rings. The normalized spacial score (nSPS) is 10.2. The highest BCUT2D eigenvalue weighted by atomic mass is 32.2. The fourth-order valence-electron chi connectivity index (χ4n) is 1.10. The van der Waals surface area contributed by atoms with Gasteiger partial charge in [-0.25, -0.2) is 0 Å². The zero-order chi connectivity index (χ0) is 8.97. The Morgan fingerprint density at radius 1 is 1.33 bits per heavy atom. The summed E-state index contributed by atoms with van der Waals surface area (Å²) in [6.45, 7) is 4.18. The van der Waals surface area contributed by atoms with Crippen LogP contribution in [0.15, 0.2) is 23.1 Å². The molecular weight excluding hydrogens is 168 g/mol. The van der Waals surface area contributed by atoms with Crippen molar-refractivity contribution in [2.45, 2.75) is 25.2 Å². The quantitative estimate of drug-likeness (QED) is 0.725. The molecule has 2 heteroatoms. The number of rotatable bonds is 3. The predicted molar refractivity (Wildman–Crippen MR) is 53.9 cm³/mol. The SMILES string of the molecule is CCSc1ccc(O)c(CC)c1. The molecule has 0 atom stereocenters. The largest absolute Gasteiger partial charge is 0.508 e. The molecule has 1 aromatic rings. The van der Waals surface area contributed by atoms with Crippen LogP contribution in [-0.2, 0) is 6.42 Å². The molecule has 0 saturated carbocycles. The summed E-state index contributed by atoms with van der Waals surface area (Å²) in [5.41, 5.74) is 1.04. The van der Waals surface area contributed by atoms with E-state index in [0.29, 0.717) is 5.75 Å². The Hall–Kier alpha value is -0.630. The van der Waals surface area contributed by atoms with Gasteiger partial charge in [0.1, 0.15) is 5.75 Å². The summed E-state index contributed by atoms with van der Waals surface area (Å²) in [6.07, 6.45) is 0.893. The molecule has 0 radical (unpaired) electrons. The van der Waals surface area contributed by atoms with Gasteiger partial charge in [-0.3, -0.25) is 0 Å². The average molecular weight is 182 g/mol. The zero-order valence-corrected chi connectivity index (χ0v) is 8.32. The molecule has 12 heavy (non-hydrogen) atoms. The van der Waals surface area contributed by atoms with Crippen molar-refractivity contribution >= 4 is 11.8 Å². The Morgan fingerprint density at radius 3 is 2.67 bits per heavy atom. The van der Waals surface area contributed by atoms with Crippen molar-refractivity contribution in [1.29, 1.82) is 0 Å². The topological polar surface area (TPSA) is 20.2 Å². The molecule has 0 bridgehead atoms. The molecule has 66 valence electrons. The highest BCUT2D eigenvalue weighted by Gasteiger charge is 1.99. The van der Waals surface area contributed by atoms with Gasteiger partial charge in [-0.2, -0.15) is 0 Å². The monoisotopic (exact) mass is 182 g/mol. The van der Waals surface area contributed by atoms with Crippen LogP contribution >= 0.6 is 11.8 Å². The van der Waals surface area contributed by atoms with E-state index in [2.05, 4.69) is 19.9 Å². The molecule has 0 spiro atoms. The lowest BCUT2D eigenvalue weighted by molar-refractivity contribution is 0.468. The van der Waals surface area contributed by atoms with E-state index in [0.717, 1.165) is 17.7 Å². The van der Waals surface area contributed by atoms with Crippen LogP contribution in [-0.4, -0.2) is 10.9 Å². The first-order valence-electron chi connectivity index (χ1n) is 4.22. The predicted octanol–water partition coefficient (Wildman–Crippen LogP) is 3.07. The number of hydrogen-bond acceptors (Lipinski definition) is 2. The van der Waals surface area contributed by atoms with E-state index < -0.39 is 0 Å². The second-order valence-corrected chi connectivity index (χ2v) is 3.91. The van der Waals surface area contributed by atoms with Crippen LogP contribution in [0.5, 0.6) is 5.75 Å². The van der Waals surface area contributed by atoms with Crippen molar-refractivity contribution in [2.75, 3.05) is 5.75 Å². The first-order chi connectivity index (χ1) is 5.77. The minimum absolute atomic E-state index is 0.415. The van der Waals surface area contributed by atoms with Crippen molar-refractivity contribution in [3.63, 3.8) is 0 Å². The van der Waals surface area contributed by atoms with Gasteiger partial charge in [-0.05, 0) is 35.9 Å². The van der Waals surface area contributed by atoms with Crippen LogP contribution < -0.4 is 0 Å². The summed E-state index contributed by atoms with van der Waals surface area (Å²) < 4.78 is 0. The number of hydrogen-bond donors (Lipinski definition) is 1. The van der Waals surface area contributed by atoms with Gasteiger partial charge in [0, 0.05) is 4.90 Å². The summed E-state index contributed by atoms with van der Waals surface area (Å²) >= 11 is 1.80. The Morgan fingerprint density at radius 2 is 2.08 bits per heavy atom. The van der Waals surface area contributed by atoms with E-state index in [1.807, 2.05) is 6.07 Å². The molecule has 1 aromatic carbocycles. The number of aromatic hydroxyl groups is 1. The molecule has 0 heterocycles. The third kappa shape index (κ3) is 2.18. The summed E-state index contributed by atoms with van der Waals surface area (Å²) in [5.74, 6) is 1.49. The minimum atomic E-state index is 0.415. The number of phenols is 1. The van der Waals surface area contributed by atoms with Gasteiger partial charge in [0.25, 0.3) is 0 Å². The van der Waals surface area contributed by atoms with Crippen molar-refractivity contribution in [2.24, 2.45) is 0 Å². The van der Waals surface area contributed by atoms with Gasteiger partial charge in [0.15, 0.2) is 0 Å². The van der Waals surface area contributed by atoms with Crippen LogP contribution in [0.25, 0.3) is 0 Å². The summed E-state index contributed by atoms with van der Waals surface area (Å²) in [5, 5.41) is 9.39. The van der Waals surface area contributed by atoms with E-state index in [-0.39, 0.29) is 0 Å². The number of benzene rings is 1. The highest BCUT2D eigenvalue weighted by molar-refractivity contribution is 7.99. The standard InChI is InChI=1S/C10H14OS/c1-3-8-7-9(12-4-2)5-6-10(8)11/h5-7,11H,3-4H2,1-2H3. The van der Waals surface area contributed by atoms with Crippen LogP contribution in [0.1, 0.15) is 19.4 Å². The van der Waals surface area contributed by atoms with Gasteiger partial charge < -0.3 is 5.11 Å². The third-order valence-corrected chi connectivity index (χ3v) is 2.62. The summed E-state index contributed by atoms with van der Waals surface area (Å²) in [6, 6.07) is 5.79. The van der Waals surface area contributed by atoms with Crippen molar-refractivity contribution in [1.82, 2.24) is 0 Å². The summed E-state index contributed by atoms with van der Waals surface area (Å²) in [4.78, 5) is 1.24. The first-order valence-corrected chi connectivity index (χ1v) is 5.21. The van der Waals surface area contributed by atoms with Gasteiger partial charge in [-0.15, -0.1) is 11.8 Å². The van der Waals surface area contributed by atoms with Crippen molar-refractivity contribution in [3.05, 3.63) is 23.8 Å². The molecular formula is C10H14OS. The van der Waals surface area contributed by atoms with Crippen LogP contribution in [0.2, 0.25) is 0 Å².